The van der Waals surface area contributed by atoms with Gasteiger partial charge in [-0.15, -0.1) is 0 Å². The second kappa shape index (κ2) is 4.84. The van der Waals surface area contributed by atoms with Crippen LogP contribution in [0.3, 0.4) is 0 Å². The minimum absolute atomic E-state index is 0.148. The lowest BCUT2D eigenvalue weighted by atomic mass is 9.88. The first-order valence-electron chi connectivity index (χ1n) is 7.16. The Labute approximate surface area is 127 Å². The van der Waals surface area contributed by atoms with E-state index >= 15 is 0 Å². The molecular formula is C18H14N2O2. The van der Waals surface area contributed by atoms with E-state index in [-0.39, 0.29) is 18.4 Å². The predicted octanol–water partition coefficient (Wildman–Crippen LogP) is 3.21. The van der Waals surface area contributed by atoms with Crippen molar-refractivity contribution < 1.29 is 9.53 Å². The molecule has 1 aliphatic heterocycles. The van der Waals surface area contributed by atoms with Gasteiger partial charge in [0.1, 0.15) is 11.9 Å². The Bertz CT molecular complexity index is 889. The molecule has 1 aliphatic rings. The number of benzene rings is 2. The molecule has 0 aliphatic carbocycles. The van der Waals surface area contributed by atoms with Gasteiger partial charge in [0.15, 0.2) is 0 Å². The summed E-state index contributed by atoms with van der Waals surface area (Å²) in [5, 5.41) is 1.00. The minimum atomic E-state index is -0.379. The summed E-state index contributed by atoms with van der Waals surface area (Å²) >= 11 is 0. The molecule has 3 aromatic rings. The monoisotopic (exact) mass is 290 g/mol. The number of aromatic nitrogens is 1. The Morgan fingerprint density at radius 1 is 1.09 bits per heavy atom. The summed E-state index contributed by atoms with van der Waals surface area (Å²) in [6, 6.07) is 15.8. The van der Waals surface area contributed by atoms with Crippen molar-refractivity contribution in [3.63, 3.8) is 0 Å². The first-order valence-corrected chi connectivity index (χ1v) is 7.16. The number of nitrogens with two attached hydrogens (primary N) is 1. The van der Waals surface area contributed by atoms with E-state index < -0.39 is 0 Å². The molecule has 2 aromatic carbocycles. The maximum atomic E-state index is 11.5. The summed E-state index contributed by atoms with van der Waals surface area (Å²) in [6.07, 6.45) is 1.53. The second-order valence-corrected chi connectivity index (χ2v) is 5.37. The molecule has 2 N–H and O–H groups in total. The molecular weight excluding hydrogens is 276 g/mol. The summed E-state index contributed by atoms with van der Waals surface area (Å²) in [7, 11) is 0. The quantitative estimate of drug-likeness (QED) is 0.788. The Morgan fingerprint density at radius 2 is 1.95 bits per heavy atom. The van der Waals surface area contributed by atoms with Crippen molar-refractivity contribution in [2.24, 2.45) is 5.73 Å². The van der Waals surface area contributed by atoms with E-state index in [0.29, 0.717) is 0 Å². The van der Waals surface area contributed by atoms with Gasteiger partial charge in [0.25, 0.3) is 0 Å². The molecule has 1 unspecified atom stereocenters. The maximum absolute atomic E-state index is 11.5. The Hall–Kier alpha value is -2.88. The SMILES string of the molecule is NC(=O)CC1Oc2ccccc2-c2ccc3ncccc3c21. The van der Waals surface area contributed by atoms with Gasteiger partial charge in [-0.05, 0) is 23.8 Å². The van der Waals surface area contributed by atoms with E-state index in [9.17, 15) is 4.79 Å². The Balaban J connectivity index is 2.03. The van der Waals surface area contributed by atoms with E-state index in [2.05, 4.69) is 4.98 Å². The van der Waals surface area contributed by atoms with Crippen molar-refractivity contribution in [1.29, 1.82) is 0 Å². The van der Waals surface area contributed by atoms with Gasteiger partial charge in [-0.3, -0.25) is 9.78 Å². The number of ether oxygens (including phenoxy) is 1. The Morgan fingerprint density at radius 3 is 2.82 bits per heavy atom. The zero-order chi connectivity index (χ0) is 15.1. The number of hydrogen-bond donors (Lipinski definition) is 1. The molecule has 0 saturated heterocycles. The minimum Gasteiger partial charge on any atom is -0.484 e. The number of rotatable bonds is 2. The van der Waals surface area contributed by atoms with Crippen molar-refractivity contribution in [3.8, 4) is 16.9 Å². The molecule has 1 aromatic heterocycles. The van der Waals surface area contributed by atoms with Gasteiger partial charge in [0, 0.05) is 22.7 Å². The number of primary amides is 1. The zero-order valence-corrected chi connectivity index (χ0v) is 11.8. The number of carbonyl (C=O) groups is 1. The fourth-order valence-electron chi connectivity index (χ4n) is 3.09. The summed E-state index contributed by atoms with van der Waals surface area (Å²) in [6.45, 7) is 0. The van der Waals surface area contributed by atoms with Crippen molar-refractivity contribution in [1.82, 2.24) is 4.98 Å². The van der Waals surface area contributed by atoms with Crippen LogP contribution < -0.4 is 10.5 Å². The van der Waals surface area contributed by atoms with Crippen LogP contribution in [0.4, 0.5) is 0 Å². The average Bonchev–Trinajstić information content (AvgIpc) is 2.54. The number of pyridine rings is 1. The third kappa shape index (κ3) is 1.92. The smallest absolute Gasteiger partial charge is 0.221 e. The zero-order valence-electron chi connectivity index (χ0n) is 11.8. The van der Waals surface area contributed by atoms with Crippen LogP contribution in [0.25, 0.3) is 22.0 Å². The lowest BCUT2D eigenvalue weighted by Crippen LogP contribution is -2.22. The van der Waals surface area contributed by atoms with E-state index in [1.165, 1.54) is 0 Å². The van der Waals surface area contributed by atoms with Gasteiger partial charge < -0.3 is 10.5 Å². The van der Waals surface area contributed by atoms with Crippen molar-refractivity contribution >= 4 is 16.8 Å². The summed E-state index contributed by atoms with van der Waals surface area (Å²) in [5.74, 6) is 0.403. The standard InChI is InChI=1S/C18H14N2O2/c19-17(21)10-16-18-12(11-4-1-2-6-15(11)22-16)7-8-14-13(18)5-3-9-20-14/h1-9,16H,10H2,(H2,19,21). The second-order valence-electron chi connectivity index (χ2n) is 5.37. The van der Waals surface area contributed by atoms with Gasteiger partial charge in [-0.25, -0.2) is 0 Å². The van der Waals surface area contributed by atoms with Crippen LogP contribution in [-0.4, -0.2) is 10.9 Å². The van der Waals surface area contributed by atoms with Gasteiger partial charge in [0.05, 0.1) is 11.9 Å². The number of hydrogen-bond acceptors (Lipinski definition) is 3. The Kier molecular flexibility index (Phi) is 2.82. The number of carbonyl (C=O) groups excluding carboxylic acids is 1. The molecule has 0 saturated carbocycles. The number of para-hydroxylation sites is 1. The molecule has 22 heavy (non-hydrogen) atoms. The molecule has 0 spiro atoms. The highest BCUT2D eigenvalue weighted by Gasteiger charge is 2.29. The van der Waals surface area contributed by atoms with Crippen LogP contribution >= 0.6 is 0 Å². The summed E-state index contributed by atoms with van der Waals surface area (Å²) in [4.78, 5) is 15.8. The molecule has 0 fully saturated rings. The maximum Gasteiger partial charge on any atom is 0.221 e. The van der Waals surface area contributed by atoms with Crippen LogP contribution in [0.15, 0.2) is 54.7 Å². The molecule has 1 atom stereocenters. The first-order chi connectivity index (χ1) is 10.7. The van der Waals surface area contributed by atoms with Crippen LogP contribution in [0.2, 0.25) is 0 Å². The van der Waals surface area contributed by atoms with Crippen LogP contribution in [-0.2, 0) is 4.79 Å². The topological polar surface area (TPSA) is 65.2 Å². The van der Waals surface area contributed by atoms with E-state index in [4.69, 9.17) is 10.5 Å². The predicted molar refractivity (Wildman–Crippen MR) is 84.4 cm³/mol. The number of amides is 1. The highest BCUT2D eigenvalue weighted by Crippen LogP contribution is 2.45. The fraction of sp³-hybridized carbons (Fsp3) is 0.111. The van der Waals surface area contributed by atoms with E-state index in [0.717, 1.165) is 33.3 Å². The molecule has 1 amide bonds. The summed E-state index contributed by atoms with van der Waals surface area (Å²) in [5.41, 5.74) is 9.40. The molecule has 4 heteroatoms. The van der Waals surface area contributed by atoms with Crippen LogP contribution in [0.5, 0.6) is 5.75 Å². The van der Waals surface area contributed by atoms with Crippen LogP contribution in [0.1, 0.15) is 18.1 Å². The fourth-order valence-corrected chi connectivity index (χ4v) is 3.09. The van der Waals surface area contributed by atoms with Gasteiger partial charge >= 0.3 is 0 Å². The lowest BCUT2D eigenvalue weighted by Gasteiger charge is -2.29. The van der Waals surface area contributed by atoms with Crippen molar-refractivity contribution in [3.05, 3.63) is 60.3 Å². The van der Waals surface area contributed by atoms with Gasteiger partial charge in [0.2, 0.25) is 5.91 Å². The third-order valence-electron chi connectivity index (χ3n) is 3.98. The van der Waals surface area contributed by atoms with Crippen LogP contribution in [0, 0.1) is 0 Å². The molecule has 0 radical (unpaired) electrons. The third-order valence-corrected chi connectivity index (χ3v) is 3.98. The van der Waals surface area contributed by atoms with E-state index in [1.807, 2.05) is 48.5 Å². The largest absolute Gasteiger partial charge is 0.484 e. The average molecular weight is 290 g/mol. The highest BCUT2D eigenvalue weighted by molar-refractivity contribution is 5.92. The van der Waals surface area contributed by atoms with Gasteiger partial charge in [-0.2, -0.15) is 0 Å². The number of fused-ring (bicyclic) bond motifs is 5. The van der Waals surface area contributed by atoms with E-state index in [1.54, 1.807) is 6.20 Å². The van der Waals surface area contributed by atoms with Crippen molar-refractivity contribution in [2.45, 2.75) is 12.5 Å². The molecule has 4 nitrogen and oxygen atoms in total. The highest BCUT2D eigenvalue weighted by atomic mass is 16.5. The van der Waals surface area contributed by atoms with Gasteiger partial charge in [-0.1, -0.05) is 30.3 Å². The normalized spacial score (nSPS) is 15.7. The molecule has 2 heterocycles. The summed E-state index contributed by atoms with van der Waals surface area (Å²) < 4.78 is 6.05. The first kappa shape index (κ1) is 12.8. The lowest BCUT2D eigenvalue weighted by molar-refractivity contribution is -0.119. The molecule has 108 valence electrons. The number of nitrogens with zero attached hydrogens (tertiary/aromatic N) is 1. The molecule has 4 rings (SSSR count). The molecule has 0 bridgehead atoms. The van der Waals surface area contributed by atoms with Crippen molar-refractivity contribution in [2.75, 3.05) is 0 Å².